The first-order valence-electron chi connectivity index (χ1n) is 6.89. The number of amides is 1. The predicted molar refractivity (Wildman–Crippen MR) is 84.8 cm³/mol. The Morgan fingerprint density at radius 3 is 2.74 bits per heavy atom. The molecule has 0 saturated carbocycles. The summed E-state index contributed by atoms with van der Waals surface area (Å²) in [4.78, 5) is 11.9. The fraction of sp³-hybridized carbons (Fsp3) is 0.0588. The fourth-order valence-corrected chi connectivity index (χ4v) is 2.07. The molecule has 112 valence electrons. The number of ether oxygens (including phenoxy) is 1. The third-order valence-electron chi connectivity index (χ3n) is 3.17. The van der Waals surface area contributed by atoms with Crippen LogP contribution in [0.3, 0.4) is 0 Å². The zero-order valence-corrected chi connectivity index (χ0v) is 12.1. The Bertz CT molecular complexity index is 880. The van der Waals surface area contributed by atoms with Crippen molar-refractivity contribution in [2.45, 2.75) is 0 Å². The van der Waals surface area contributed by atoms with Crippen LogP contribution >= 0.6 is 0 Å². The number of fused-ring (bicyclic) bond motifs is 1. The largest absolute Gasteiger partial charge is 0.466 e. The van der Waals surface area contributed by atoms with Crippen molar-refractivity contribution in [1.82, 2.24) is 10.2 Å². The van der Waals surface area contributed by atoms with Crippen LogP contribution in [0.25, 0.3) is 10.8 Å². The molecule has 6 nitrogen and oxygen atoms in total. The highest BCUT2D eigenvalue weighted by molar-refractivity contribution is 5.92. The first-order chi connectivity index (χ1) is 11.3. The van der Waals surface area contributed by atoms with Crippen molar-refractivity contribution in [2.75, 3.05) is 11.9 Å². The highest BCUT2D eigenvalue weighted by Gasteiger charge is 2.08. The molecular weight excluding hydrogens is 292 g/mol. The molecule has 0 aliphatic heterocycles. The number of hydrogen-bond donors (Lipinski definition) is 1. The van der Waals surface area contributed by atoms with E-state index in [9.17, 15) is 4.79 Å². The average molecular weight is 304 g/mol. The van der Waals surface area contributed by atoms with Crippen LogP contribution in [0.4, 0.5) is 5.69 Å². The lowest BCUT2D eigenvalue weighted by Gasteiger charge is -2.08. The lowest BCUT2D eigenvalue weighted by atomic mass is 10.2. The minimum Gasteiger partial charge on any atom is -0.466 e. The number of benzene rings is 2. The monoisotopic (exact) mass is 304 g/mol. The van der Waals surface area contributed by atoms with Crippen LogP contribution in [0.15, 0.2) is 54.7 Å². The third-order valence-corrected chi connectivity index (χ3v) is 3.17. The van der Waals surface area contributed by atoms with Gasteiger partial charge in [0, 0.05) is 16.5 Å². The minimum absolute atomic E-state index is 0.178. The normalized spacial score (nSPS) is 10.0. The van der Waals surface area contributed by atoms with Gasteiger partial charge in [0.15, 0.2) is 6.61 Å². The Hall–Kier alpha value is -3.46. The van der Waals surface area contributed by atoms with Gasteiger partial charge in [0.25, 0.3) is 5.91 Å². The zero-order chi connectivity index (χ0) is 16.1. The molecule has 3 aromatic rings. The van der Waals surface area contributed by atoms with E-state index in [2.05, 4.69) is 15.5 Å². The van der Waals surface area contributed by atoms with Crippen LogP contribution in [0.1, 0.15) is 5.56 Å². The Morgan fingerprint density at radius 2 is 1.96 bits per heavy atom. The molecule has 1 aromatic heterocycles. The smallest absolute Gasteiger partial charge is 0.262 e. The third kappa shape index (κ3) is 3.41. The van der Waals surface area contributed by atoms with Crippen molar-refractivity contribution in [2.24, 2.45) is 0 Å². The van der Waals surface area contributed by atoms with E-state index in [-0.39, 0.29) is 12.5 Å². The summed E-state index contributed by atoms with van der Waals surface area (Å²) >= 11 is 0. The molecule has 3 rings (SSSR count). The average Bonchev–Trinajstić information content (AvgIpc) is 2.60. The first-order valence-corrected chi connectivity index (χ1v) is 6.89. The molecule has 2 aromatic carbocycles. The standard InChI is InChI=1S/C17H12N4O2/c18-9-12-5-7-14(8-6-12)20-16(22)11-23-17-15-4-2-1-3-13(15)10-19-21-17/h1-8,10H,11H2,(H,20,22). The Balaban J connectivity index is 1.65. The molecule has 0 radical (unpaired) electrons. The highest BCUT2D eigenvalue weighted by Crippen LogP contribution is 2.21. The maximum Gasteiger partial charge on any atom is 0.262 e. The summed E-state index contributed by atoms with van der Waals surface area (Å²) in [6.07, 6.45) is 1.64. The van der Waals surface area contributed by atoms with Gasteiger partial charge in [-0.25, -0.2) is 0 Å². The van der Waals surface area contributed by atoms with E-state index in [0.29, 0.717) is 17.1 Å². The van der Waals surface area contributed by atoms with Crippen LogP contribution < -0.4 is 10.1 Å². The van der Waals surface area contributed by atoms with Gasteiger partial charge in [0.2, 0.25) is 5.88 Å². The number of nitriles is 1. The summed E-state index contributed by atoms with van der Waals surface area (Å²) in [5.74, 6) is 0.00233. The maximum absolute atomic E-state index is 11.9. The zero-order valence-electron chi connectivity index (χ0n) is 12.1. The van der Waals surface area contributed by atoms with Gasteiger partial charge in [-0.05, 0) is 30.3 Å². The molecule has 0 aliphatic carbocycles. The number of rotatable bonds is 4. The van der Waals surface area contributed by atoms with E-state index >= 15 is 0 Å². The molecule has 1 amide bonds. The van der Waals surface area contributed by atoms with Crippen molar-refractivity contribution >= 4 is 22.4 Å². The van der Waals surface area contributed by atoms with Crippen LogP contribution in [0.2, 0.25) is 0 Å². The molecule has 1 heterocycles. The topological polar surface area (TPSA) is 87.9 Å². The molecule has 6 heteroatoms. The van der Waals surface area contributed by atoms with Gasteiger partial charge in [-0.15, -0.1) is 5.10 Å². The number of carbonyl (C=O) groups is 1. The molecule has 0 saturated heterocycles. The van der Waals surface area contributed by atoms with E-state index in [1.165, 1.54) is 0 Å². The van der Waals surface area contributed by atoms with Crippen LogP contribution in [-0.4, -0.2) is 22.7 Å². The quantitative estimate of drug-likeness (QED) is 0.800. The molecule has 0 atom stereocenters. The van der Waals surface area contributed by atoms with Crippen LogP contribution in [-0.2, 0) is 4.79 Å². The summed E-state index contributed by atoms with van der Waals surface area (Å²) < 4.78 is 5.46. The summed E-state index contributed by atoms with van der Waals surface area (Å²) in [5, 5.41) is 20.9. The summed E-state index contributed by atoms with van der Waals surface area (Å²) in [7, 11) is 0. The molecule has 0 bridgehead atoms. The number of nitrogens with zero attached hydrogens (tertiary/aromatic N) is 3. The Labute approximate surface area is 132 Å². The molecule has 0 unspecified atom stereocenters. The van der Waals surface area contributed by atoms with Crippen molar-refractivity contribution < 1.29 is 9.53 Å². The number of nitrogens with one attached hydrogen (secondary N) is 1. The van der Waals surface area contributed by atoms with Crippen molar-refractivity contribution in [3.63, 3.8) is 0 Å². The van der Waals surface area contributed by atoms with Crippen LogP contribution in [0.5, 0.6) is 5.88 Å². The second kappa shape index (κ2) is 6.54. The number of anilines is 1. The van der Waals surface area contributed by atoms with Gasteiger partial charge in [0.1, 0.15) is 0 Å². The van der Waals surface area contributed by atoms with Gasteiger partial charge >= 0.3 is 0 Å². The van der Waals surface area contributed by atoms with Gasteiger partial charge in [0.05, 0.1) is 17.8 Å². The molecule has 0 spiro atoms. The maximum atomic E-state index is 11.9. The fourth-order valence-electron chi connectivity index (χ4n) is 2.07. The number of hydrogen-bond acceptors (Lipinski definition) is 5. The molecule has 23 heavy (non-hydrogen) atoms. The second-order valence-corrected chi connectivity index (χ2v) is 4.76. The minimum atomic E-state index is -0.315. The Kier molecular flexibility index (Phi) is 4.11. The highest BCUT2D eigenvalue weighted by atomic mass is 16.5. The lowest BCUT2D eigenvalue weighted by molar-refractivity contribution is -0.118. The van der Waals surface area contributed by atoms with Crippen molar-refractivity contribution in [3.8, 4) is 11.9 Å². The molecule has 1 N–H and O–H groups in total. The predicted octanol–water partition coefficient (Wildman–Crippen LogP) is 2.52. The van der Waals surface area contributed by atoms with Crippen molar-refractivity contribution in [3.05, 3.63) is 60.3 Å². The summed E-state index contributed by atoms with van der Waals surface area (Å²) in [6, 6.07) is 16.1. The van der Waals surface area contributed by atoms with Gasteiger partial charge < -0.3 is 10.1 Å². The van der Waals surface area contributed by atoms with Gasteiger partial charge in [-0.3, -0.25) is 4.79 Å². The van der Waals surface area contributed by atoms with E-state index in [1.807, 2.05) is 30.3 Å². The summed E-state index contributed by atoms with van der Waals surface area (Å²) in [6.45, 7) is -0.178. The van der Waals surface area contributed by atoms with E-state index < -0.39 is 0 Å². The molecular formula is C17H12N4O2. The van der Waals surface area contributed by atoms with Gasteiger partial charge in [-0.2, -0.15) is 10.4 Å². The molecule has 0 aliphatic rings. The van der Waals surface area contributed by atoms with Crippen LogP contribution in [0, 0.1) is 11.3 Å². The van der Waals surface area contributed by atoms with Gasteiger partial charge in [-0.1, -0.05) is 18.2 Å². The van der Waals surface area contributed by atoms with E-state index in [1.54, 1.807) is 30.5 Å². The number of carbonyl (C=O) groups excluding carboxylic acids is 1. The Morgan fingerprint density at radius 1 is 1.17 bits per heavy atom. The first kappa shape index (κ1) is 14.5. The summed E-state index contributed by atoms with van der Waals surface area (Å²) in [5.41, 5.74) is 1.13. The SMILES string of the molecule is N#Cc1ccc(NC(=O)COc2nncc3ccccc23)cc1. The van der Waals surface area contributed by atoms with E-state index in [4.69, 9.17) is 10.00 Å². The number of aromatic nitrogens is 2. The van der Waals surface area contributed by atoms with Crippen molar-refractivity contribution in [1.29, 1.82) is 5.26 Å². The second-order valence-electron chi connectivity index (χ2n) is 4.76. The molecule has 0 fully saturated rings. The lowest BCUT2D eigenvalue weighted by Crippen LogP contribution is -2.20. The van der Waals surface area contributed by atoms with E-state index in [0.717, 1.165) is 10.8 Å².